The zero-order valence-electron chi connectivity index (χ0n) is 13.7. The van der Waals surface area contributed by atoms with Gasteiger partial charge >= 0.3 is 0 Å². The van der Waals surface area contributed by atoms with E-state index >= 15 is 0 Å². The summed E-state index contributed by atoms with van der Waals surface area (Å²) in [7, 11) is 0. The van der Waals surface area contributed by atoms with E-state index in [1.807, 2.05) is 22.9 Å². The van der Waals surface area contributed by atoms with Crippen molar-refractivity contribution in [2.75, 3.05) is 13.2 Å². The first-order chi connectivity index (χ1) is 11.6. The summed E-state index contributed by atoms with van der Waals surface area (Å²) in [4.78, 5) is 11.7. The summed E-state index contributed by atoms with van der Waals surface area (Å²) in [5.41, 5.74) is 1.63. The van der Waals surface area contributed by atoms with Crippen LogP contribution in [0.3, 0.4) is 0 Å². The Labute approximate surface area is 145 Å². The Kier molecular flexibility index (Phi) is 4.77. The van der Waals surface area contributed by atoms with Crippen LogP contribution >= 0.6 is 11.3 Å². The van der Waals surface area contributed by atoms with Gasteiger partial charge in [0.05, 0.1) is 12.1 Å². The molecule has 1 aromatic heterocycles. The number of nitrogens with one attached hydrogen (secondary N) is 1. The molecule has 2 heterocycles. The van der Waals surface area contributed by atoms with Crippen LogP contribution < -0.4 is 14.8 Å². The van der Waals surface area contributed by atoms with Crippen LogP contribution in [0.2, 0.25) is 0 Å². The van der Waals surface area contributed by atoms with Crippen LogP contribution in [-0.2, 0) is 6.42 Å². The molecule has 0 unspecified atom stereocenters. The third-order valence-corrected chi connectivity index (χ3v) is 4.28. The standard InChI is InChI=1S/C19H19NO3S/c1-19(2)12-14-6-5-7-16(17(14)23-19)22-10-4-3-9-20-18(21)15-8-11-24-13-15/h5-8,11,13H,9-10,12H2,1-2H3,(H,20,21). The van der Waals surface area contributed by atoms with Crippen molar-refractivity contribution in [3.63, 3.8) is 0 Å². The highest BCUT2D eigenvalue weighted by molar-refractivity contribution is 7.08. The van der Waals surface area contributed by atoms with Crippen molar-refractivity contribution in [2.45, 2.75) is 25.9 Å². The van der Waals surface area contributed by atoms with Crippen LogP contribution in [0, 0.1) is 11.8 Å². The molecule has 5 heteroatoms. The van der Waals surface area contributed by atoms with Gasteiger partial charge in [0.25, 0.3) is 5.91 Å². The summed E-state index contributed by atoms with van der Waals surface area (Å²) in [5, 5.41) is 6.43. The Morgan fingerprint density at radius 3 is 3.04 bits per heavy atom. The molecule has 24 heavy (non-hydrogen) atoms. The van der Waals surface area contributed by atoms with Crippen molar-refractivity contribution in [3.05, 3.63) is 46.2 Å². The van der Waals surface area contributed by atoms with Gasteiger partial charge in [0, 0.05) is 17.4 Å². The van der Waals surface area contributed by atoms with Crippen molar-refractivity contribution in [3.8, 4) is 23.3 Å². The summed E-state index contributed by atoms with van der Waals surface area (Å²) < 4.78 is 11.7. The van der Waals surface area contributed by atoms with E-state index in [4.69, 9.17) is 9.47 Å². The number of benzene rings is 1. The predicted molar refractivity (Wildman–Crippen MR) is 94.8 cm³/mol. The van der Waals surface area contributed by atoms with E-state index < -0.39 is 0 Å². The lowest BCUT2D eigenvalue weighted by molar-refractivity contribution is 0.0959. The van der Waals surface area contributed by atoms with Gasteiger partial charge in [-0.3, -0.25) is 4.79 Å². The van der Waals surface area contributed by atoms with Gasteiger partial charge in [-0.1, -0.05) is 24.0 Å². The van der Waals surface area contributed by atoms with Crippen LogP contribution in [0.25, 0.3) is 0 Å². The maximum absolute atomic E-state index is 11.7. The van der Waals surface area contributed by atoms with Crippen molar-refractivity contribution < 1.29 is 14.3 Å². The van der Waals surface area contributed by atoms with Gasteiger partial charge in [-0.25, -0.2) is 0 Å². The predicted octanol–water partition coefficient (Wildman–Crippen LogP) is 3.27. The topological polar surface area (TPSA) is 47.6 Å². The number of fused-ring (bicyclic) bond motifs is 1. The summed E-state index contributed by atoms with van der Waals surface area (Å²) in [6.07, 6.45) is 0.875. The zero-order valence-corrected chi connectivity index (χ0v) is 14.5. The normalized spacial score (nSPS) is 14.1. The molecule has 0 radical (unpaired) electrons. The summed E-state index contributed by atoms with van der Waals surface area (Å²) >= 11 is 1.49. The van der Waals surface area contributed by atoms with E-state index in [0.717, 1.165) is 23.5 Å². The van der Waals surface area contributed by atoms with Crippen LogP contribution in [0.4, 0.5) is 0 Å². The smallest absolute Gasteiger partial charge is 0.252 e. The number of carbonyl (C=O) groups is 1. The molecule has 4 nitrogen and oxygen atoms in total. The Hall–Kier alpha value is -2.45. The molecule has 1 aromatic carbocycles. The number of para-hydroxylation sites is 1. The van der Waals surface area contributed by atoms with E-state index in [1.165, 1.54) is 11.3 Å². The van der Waals surface area contributed by atoms with Gasteiger partial charge in [-0.15, -0.1) is 0 Å². The van der Waals surface area contributed by atoms with Gasteiger partial charge in [-0.2, -0.15) is 11.3 Å². The quantitative estimate of drug-likeness (QED) is 0.868. The molecule has 0 saturated carbocycles. The zero-order chi connectivity index (χ0) is 17.0. The largest absolute Gasteiger partial charge is 0.483 e. The molecular weight excluding hydrogens is 322 g/mol. The van der Waals surface area contributed by atoms with Crippen LogP contribution in [0.5, 0.6) is 11.5 Å². The molecule has 1 N–H and O–H groups in total. The van der Waals surface area contributed by atoms with E-state index in [2.05, 4.69) is 37.1 Å². The highest BCUT2D eigenvalue weighted by Gasteiger charge is 2.32. The number of ether oxygens (including phenoxy) is 2. The molecule has 1 aliphatic rings. The maximum Gasteiger partial charge on any atom is 0.252 e. The molecular formula is C19H19NO3S. The molecule has 0 saturated heterocycles. The Balaban J connectivity index is 1.48. The van der Waals surface area contributed by atoms with Crippen LogP contribution in [0.15, 0.2) is 35.0 Å². The van der Waals surface area contributed by atoms with Gasteiger partial charge < -0.3 is 14.8 Å². The Bertz CT molecular complexity index is 785. The minimum Gasteiger partial charge on any atom is -0.483 e. The first-order valence-electron chi connectivity index (χ1n) is 7.75. The minimum atomic E-state index is -0.195. The third-order valence-electron chi connectivity index (χ3n) is 3.60. The molecule has 3 rings (SSSR count). The second-order valence-corrected chi connectivity index (χ2v) is 6.90. The highest BCUT2D eigenvalue weighted by atomic mass is 32.1. The lowest BCUT2D eigenvalue weighted by atomic mass is 10.0. The fraction of sp³-hybridized carbons (Fsp3) is 0.316. The molecule has 0 fully saturated rings. The van der Waals surface area contributed by atoms with E-state index in [9.17, 15) is 4.79 Å². The second kappa shape index (κ2) is 6.98. The molecule has 0 spiro atoms. The number of hydrogen-bond donors (Lipinski definition) is 1. The van der Waals surface area contributed by atoms with Crippen LogP contribution in [0.1, 0.15) is 29.8 Å². The summed E-state index contributed by atoms with van der Waals surface area (Å²) in [6, 6.07) is 7.70. The Morgan fingerprint density at radius 2 is 2.25 bits per heavy atom. The summed E-state index contributed by atoms with van der Waals surface area (Å²) in [6.45, 7) is 4.68. The van der Waals surface area contributed by atoms with E-state index in [-0.39, 0.29) is 18.1 Å². The number of rotatable bonds is 4. The lowest BCUT2D eigenvalue weighted by Crippen LogP contribution is -2.24. The molecule has 124 valence electrons. The fourth-order valence-electron chi connectivity index (χ4n) is 2.55. The molecule has 1 amide bonds. The van der Waals surface area contributed by atoms with Crippen molar-refractivity contribution in [1.29, 1.82) is 0 Å². The molecule has 0 aliphatic carbocycles. The average Bonchev–Trinajstić information content (AvgIpc) is 3.16. The number of carbonyl (C=O) groups excluding carboxylic acids is 1. The second-order valence-electron chi connectivity index (χ2n) is 6.12. The molecule has 2 aromatic rings. The molecule has 0 atom stereocenters. The van der Waals surface area contributed by atoms with Crippen molar-refractivity contribution in [1.82, 2.24) is 5.32 Å². The lowest BCUT2D eigenvalue weighted by Gasteiger charge is -2.17. The minimum absolute atomic E-state index is 0.108. The molecule has 1 aliphatic heterocycles. The maximum atomic E-state index is 11.7. The molecule has 0 bridgehead atoms. The SMILES string of the molecule is CC1(C)Cc2cccc(OCC#CCNC(=O)c3ccsc3)c2O1. The van der Waals surface area contributed by atoms with Crippen LogP contribution in [-0.4, -0.2) is 24.7 Å². The van der Waals surface area contributed by atoms with Gasteiger partial charge in [0.15, 0.2) is 11.5 Å². The van der Waals surface area contributed by atoms with Crippen molar-refractivity contribution in [2.24, 2.45) is 0 Å². The van der Waals surface area contributed by atoms with Crippen molar-refractivity contribution >= 4 is 17.2 Å². The monoisotopic (exact) mass is 341 g/mol. The number of hydrogen-bond acceptors (Lipinski definition) is 4. The number of amides is 1. The highest BCUT2D eigenvalue weighted by Crippen LogP contribution is 2.41. The van der Waals surface area contributed by atoms with E-state index in [1.54, 1.807) is 6.07 Å². The number of thiophene rings is 1. The fourth-order valence-corrected chi connectivity index (χ4v) is 3.18. The van der Waals surface area contributed by atoms with E-state index in [0.29, 0.717) is 12.1 Å². The Morgan fingerprint density at radius 1 is 1.38 bits per heavy atom. The summed E-state index contributed by atoms with van der Waals surface area (Å²) in [5.74, 6) is 7.22. The first-order valence-corrected chi connectivity index (χ1v) is 8.69. The van der Waals surface area contributed by atoms with Gasteiger partial charge in [-0.05, 0) is 31.4 Å². The first kappa shape index (κ1) is 16.4. The third kappa shape index (κ3) is 3.90. The van der Waals surface area contributed by atoms with Gasteiger partial charge in [0.2, 0.25) is 0 Å². The van der Waals surface area contributed by atoms with Gasteiger partial charge in [0.1, 0.15) is 12.2 Å². The average molecular weight is 341 g/mol.